The van der Waals surface area contributed by atoms with E-state index in [0.717, 1.165) is 17.4 Å². The van der Waals surface area contributed by atoms with Gasteiger partial charge in [0.25, 0.3) is 5.69 Å². The van der Waals surface area contributed by atoms with Gasteiger partial charge in [-0.05, 0) is 20.2 Å². The number of nitro benzene ring substituents is 1. The Morgan fingerprint density at radius 2 is 2.20 bits per heavy atom. The first kappa shape index (κ1) is 14.4. The van der Waals surface area contributed by atoms with Gasteiger partial charge in [-0.2, -0.15) is 5.10 Å². The van der Waals surface area contributed by atoms with E-state index in [1.54, 1.807) is 16.9 Å². The minimum absolute atomic E-state index is 0.0827. The van der Waals surface area contributed by atoms with E-state index in [1.807, 2.05) is 14.1 Å². The van der Waals surface area contributed by atoms with Crippen LogP contribution in [0.5, 0.6) is 0 Å². The molecule has 0 spiro atoms. The average Bonchev–Trinajstić information content (AvgIpc) is 2.80. The number of nitrogens with zero attached hydrogens (tertiary/aromatic N) is 4. The fourth-order valence-corrected chi connectivity index (χ4v) is 1.87. The van der Waals surface area contributed by atoms with Crippen LogP contribution in [0.3, 0.4) is 0 Å². The third-order valence-electron chi connectivity index (χ3n) is 2.97. The molecule has 2 aromatic rings. The lowest BCUT2D eigenvalue weighted by Gasteiger charge is -2.10. The van der Waals surface area contributed by atoms with Crippen molar-refractivity contribution in [1.82, 2.24) is 14.7 Å². The van der Waals surface area contributed by atoms with Crippen LogP contribution in [0.4, 0.5) is 5.69 Å². The minimum atomic E-state index is -0.402. The quantitative estimate of drug-likeness (QED) is 0.436. The van der Waals surface area contributed by atoms with Crippen molar-refractivity contribution in [2.45, 2.75) is 6.54 Å². The second kappa shape index (κ2) is 6.44. The fraction of sp³-hybridized carbons (Fsp3) is 0.462. The van der Waals surface area contributed by atoms with Crippen LogP contribution in [-0.4, -0.2) is 53.5 Å². The number of hydrogen-bond donors (Lipinski definition) is 0. The van der Waals surface area contributed by atoms with Crippen molar-refractivity contribution in [3.63, 3.8) is 0 Å². The lowest BCUT2D eigenvalue weighted by Crippen LogP contribution is -2.19. The summed E-state index contributed by atoms with van der Waals surface area (Å²) < 4.78 is 7.32. The summed E-state index contributed by atoms with van der Waals surface area (Å²) >= 11 is 0. The van der Waals surface area contributed by atoms with Gasteiger partial charge >= 0.3 is 0 Å². The van der Waals surface area contributed by atoms with Crippen LogP contribution >= 0.6 is 0 Å². The van der Waals surface area contributed by atoms with Crippen LogP contribution in [0, 0.1) is 10.1 Å². The van der Waals surface area contributed by atoms with Crippen molar-refractivity contribution in [1.29, 1.82) is 0 Å². The first-order valence-corrected chi connectivity index (χ1v) is 6.40. The van der Waals surface area contributed by atoms with Gasteiger partial charge in [0, 0.05) is 24.1 Å². The van der Waals surface area contributed by atoms with Gasteiger partial charge in [-0.1, -0.05) is 0 Å². The predicted octanol–water partition coefficient (Wildman–Crippen LogP) is 1.52. The Balaban J connectivity index is 1.96. The summed E-state index contributed by atoms with van der Waals surface area (Å²) in [6.45, 7) is 2.76. The van der Waals surface area contributed by atoms with Crippen LogP contribution in [0.25, 0.3) is 10.9 Å². The van der Waals surface area contributed by atoms with Crippen molar-refractivity contribution in [3.8, 4) is 0 Å². The van der Waals surface area contributed by atoms with Crippen molar-refractivity contribution in [2.75, 3.05) is 33.9 Å². The molecule has 1 aromatic heterocycles. The Morgan fingerprint density at radius 3 is 2.90 bits per heavy atom. The normalized spacial score (nSPS) is 11.3. The zero-order valence-corrected chi connectivity index (χ0v) is 11.7. The van der Waals surface area contributed by atoms with Gasteiger partial charge in [-0.3, -0.25) is 14.8 Å². The summed E-state index contributed by atoms with van der Waals surface area (Å²) in [6, 6.07) is 4.75. The van der Waals surface area contributed by atoms with Gasteiger partial charge in [0.2, 0.25) is 0 Å². The molecule has 1 heterocycles. The number of hydrogen-bond acceptors (Lipinski definition) is 5. The van der Waals surface area contributed by atoms with Crippen molar-refractivity contribution in [3.05, 3.63) is 34.5 Å². The molecule has 0 bridgehead atoms. The highest BCUT2D eigenvalue weighted by Gasteiger charge is 2.09. The molecule has 0 unspecified atom stereocenters. The van der Waals surface area contributed by atoms with E-state index in [9.17, 15) is 10.1 Å². The fourth-order valence-electron chi connectivity index (χ4n) is 1.87. The molecule has 7 nitrogen and oxygen atoms in total. The molecule has 7 heteroatoms. The molecular formula is C13H18N4O3. The zero-order valence-electron chi connectivity index (χ0n) is 11.7. The maximum absolute atomic E-state index is 10.7. The Bertz CT molecular complexity index is 594. The van der Waals surface area contributed by atoms with Gasteiger partial charge in [0.15, 0.2) is 0 Å². The highest BCUT2D eigenvalue weighted by Crippen LogP contribution is 2.20. The molecule has 0 aliphatic carbocycles. The predicted molar refractivity (Wildman–Crippen MR) is 75.8 cm³/mol. The summed E-state index contributed by atoms with van der Waals surface area (Å²) in [7, 11) is 3.99. The lowest BCUT2D eigenvalue weighted by molar-refractivity contribution is -0.384. The highest BCUT2D eigenvalue weighted by atomic mass is 16.6. The van der Waals surface area contributed by atoms with Gasteiger partial charge in [-0.25, -0.2) is 0 Å². The summed E-state index contributed by atoms with van der Waals surface area (Å²) in [5.74, 6) is 0. The number of non-ortho nitro benzene ring substituents is 1. The molecule has 2 rings (SSSR count). The van der Waals surface area contributed by atoms with Crippen molar-refractivity contribution < 1.29 is 9.66 Å². The van der Waals surface area contributed by atoms with E-state index in [1.165, 1.54) is 12.1 Å². The monoisotopic (exact) mass is 278 g/mol. The molecule has 0 atom stereocenters. The molecule has 0 aliphatic heterocycles. The van der Waals surface area contributed by atoms with Crippen LogP contribution in [0.2, 0.25) is 0 Å². The van der Waals surface area contributed by atoms with Gasteiger partial charge in [-0.15, -0.1) is 0 Å². The molecule has 0 amide bonds. The van der Waals surface area contributed by atoms with Gasteiger partial charge in [0.05, 0.1) is 36.4 Å². The Labute approximate surface area is 116 Å². The summed E-state index contributed by atoms with van der Waals surface area (Å²) in [5, 5.41) is 15.7. The first-order valence-electron chi connectivity index (χ1n) is 6.40. The summed E-state index contributed by atoms with van der Waals surface area (Å²) in [5.41, 5.74) is 0.964. The summed E-state index contributed by atoms with van der Waals surface area (Å²) in [4.78, 5) is 12.4. The number of benzene rings is 1. The highest BCUT2D eigenvalue weighted by molar-refractivity contribution is 5.81. The topological polar surface area (TPSA) is 73.4 Å². The van der Waals surface area contributed by atoms with E-state index in [0.29, 0.717) is 19.8 Å². The van der Waals surface area contributed by atoms with E-state index in [-0.39, 0.29) is 5.69 Å². The molecule has 1 aromatic carbocycles. The van der Waals surface area contributed by atoms with Crippen LogP contribution in [-0.2, 0) is 11.3 Å². The minimum Gasteiger partial charge on any atom is -0.378 e. The molecule has 0 saturated heterocycles. The number of fused-ring (bicyclic) bond motifs is 1. The molecule has 0 fully saturated rings. The van der Waals surface area contributed by atoms with Gasteiger partial charge < -0.3 is 9.64 Å². The SMILES string of the molecule is CN(C)CCOCCn1ncc2cc([N+](=O)[O-])ccc21. The number of ether oxygens (including phenoxy) is 1. The maximum Gasteiger partial charge on any atom is 0.270 e. The average molecular weight is 278 g/mol. The number of rotatable bonds is 7. The third-order valence-corrected chi connectivity index (χ3v) is 2.97. The Hall–Kier alpha value is -1.99. The van der Waals surface area contributed by atoms with Gasteiger partial charge in [0.1, 0.15) is 0 Å². The molecule has 20 heavy (non-hydrogen) atoms. The number of aromatic nitrogens is 2. The standard InChI is InChI=1S/C13H18N4O3/c1-15(2)5-7-20-8-6-16-13-4-3-12(17(18)19)9-11(13)10-14-16/h3-4,9-10H,5-8H2,1-2H3. The number of likely N-dealkylation sites (N-methyl/N-ethyl adjacent to an activating group) is 1. The molecule has 0 saturated carbocycles. The lowest BCUT2D eigenvalue weighted by atomic mass is 10.2. The third kappa shape index (κ3) is 3.52. The molecule has 0 N–H and O–H groups in total. The number of nitro groups is 1. The molecule has 108 valence electrons. The maximum atomic E-state index is 10.7. The molecule has 0 aliphatic rings. The van der Waals surface area contributed by atoms with Crippen LogP contribution in [0.1, 0.15) is 0 Å². The Kier molecular flexibility index (Phi) is 4.65. The van der Waals surface area contributed by atoms with Crippen LogP contribution in [0.15, 0.2) is 24.4 Å². The smallest absolute Gasteiger partial charge is 0.270 e. The van der Waals surface area contributed by atoms with Crippen LogP contribution < -0.4 is 0 Å². The van der Waals surface area contributed by atoms with Crippen molar-refractivity contribution in [2.24, 2.45) is 0 Å². The molecule has 0 radical (unpaired) electrons. The molecular weight excluding hydrogens is 260 g/mol. The van der Waals surface area contributed by atoms with E-state index >= 15 is 0 Å². The largest absolute Gasteiger partial charge is 0.378 e. The second-order valence-electron chi connectivity index (χ2n) is 4.78. The Morgan fingerprint density at radius 1 is 1.40 bits per heavy atom. The van der Waals surface area contributed by atoms with E-state index in [4.69, 9.17) is 4.74 Å². The van der Waals surface area contributed by atoms with E-state index in [2.05, 4.69) is 10.00 Å². The summed E-state index contributed by atoms with van der Waals surface area (Å²) in [6.07, 6.45) is 1.64. The van der Waals surface area contributed by atoms with Crippen molar-refractivity contribution >= 4 is 16.6 Å². The second-order valence-corrected chi connectivity index (χ2v) is 4.78. The first-order chi connectivity index (χ1) is 9.58. The zero-order chi connectivity index (χ0) is 14.5. The van der Waals surface area contributed by atoms with E-state index < -0.39 is 4.92 Å².